The van der Waals surface area contributed by atoms with Gasteiger partial charge in [-0.3, -0.25) is 9.00 Å². The van der Waals surface area contributed by atoms with Crippen molar-refractivity contribution in [2.45, 2.75) is 30.3 Å². The molecule has 2 unspecified atom stereocenters. The van der Waals surface area contributed by atoms with Gasteiger partial charge < -0.3 is 9.47 Å². The van der Waals surface area contributed by atoms with Gasteiger partial charge >= 0.3 is 0 Å². The van der Waals surface area contributed by atoms with E-state index in [2.05, 4.69) is 16.3 Å². The number of nitrogens with zero attached hydrogens (tertiary/aromatic N) is 4. The molecule has 6 nitrogen and oxygen atoms in total. The van der Waals surface area contributed by atoms with E-state index >= 15 is 0 Å². The van der Waals surface area contributed by atoms with Crippen molar-refractivity contribution in [3.05, 3.63) is 28.7 Å². The Balaban J connectivity index is 2.08. The molecular weight excluding hydrogens is 308 g/mol. The second-order valence-electron chi connectivity index (χ2n) is 4.81. The second-order valence-corrected chi connectivity index (χ2v) is 7.51. The fraction of sp³-hybridized carbons (Fsp3) is 0.462. The molecule has 114 valence electrons. The summed E-state index contributed by atoms with van der Waals surface area (Å²) >= 11 is 1.68. The zero-order chi connectivity index (χ0) is 15.4. The summed E-state index contributed by atoms with van der Waals surface area (Å²) in [5.41, 5.74) is 0. The number of hydrogen-bond donors (Lipinski definition) is 0. The normalized spacial score (nSPS) is 13.9. The van der Waals surface area contributed by atoms with Crippen molar-refractivity contribution in [3.8, 4) is 0 Å². The van der Waals surface area contributed by atoms with Crippen molar-refractivity contribution in [1.82, 2.24) is 19.7 Å². The Hall–Kier alpha value is -1.54. The third-order valence-electron chi connectivity index (χ3n) is 3.05. The molecule has 0 saturated carbocycles. The number of aromatic nitrogens is 3. The van der Waals surface area contributed by atoms with Gasteiger partial charge in [0, 0.05) is 25.5 Å². The summed E-state index contributed by atoms with van der Waals surface area (Å²) in [7, 11) is 1.79. The lowest BCUT2D eigenvalue weighted by atomic mass is 10.3. The molecule has 2 rings (SSSR count). The number of carbonyl (C=O) groups excluding carboxylic acids is 1. The van der Waals surface area contributed by atoms with E-state index in [1.165, 1.54) is 9.78 Å². The van der Waals surface area contributed by atoms with Crippen molar-refractivity contribution in [1.29, 1.82) is 0 Å². The van der Waals surface area contributed by atoms with Crippen LogP contribution >= 0.6 is 11.3 Å². The minimum Gasteiger partial charge on any atom is -0.348 e. The molecule has 0 fully saturated rings. The number of rotatable bonds is 6. The quantitative estimate of drug-likeness (QED) is 0.799. The molecule has 2 aromatic rings. The topological polar surface area (TPSA) is 68.1 Å². The highest BCUT2D eigenvalue weighted by Crippen LogP contribution is 2.13. The van der Waals surface area contributed by atoms with Gasteiger partial charge in [0.2, 0.25) is 11.1 Å². The van der Waals surface area contributed by atoms with E-state index in [0.717, 1.165) is 6.42 Å². The van der Waals surface area contributed by atoms with E-state index in [0.29, 0.717) is 11.7 Å². The standard InChI is InChI=1S/C13H18N4O2S2/c1-10(12(18)16(2)3)21(19)13-15-14-9-17(13)7-6-11-5-4-8-20-11/h4-5,8-10H,6-7H2,1-3H3. The average Bonchev–Trinajstić information content (AvgIpc) is 3.13. The fourth-order valence-corrected chi connectivity index (χ4v) is 3.76. The predicted molar refractivity (Wildman–Crippen MR) is 82.6 cm³/mol. The van der Waals surface area contributed by atoms with Gasteiger partial charge in [-0.25, -0.2) is 0 Å². The highest BCUT2D eigenvalue weighted by Gasteiger charge is 2.26. The largest absolute Gasteiger partial charge is 0.348 e. The lowest BCUT2D eigenvalue weighted by Crippen LogP contribution is -2.35. The maximum absolute atomic E-state index is 12.5. The molecule has 0 bridgehead atoms. The third-order valence-corrected chi connectivity index (χ3v) is 5.50. The number of carbonyl (C=O) groups is 1. The van der Waals surface area contributed by atoms with Crippen molar-refractivity contribution >= 4 is 28.0 Å². The van der Waals surface area contributed by atoms with Crippen LogP contribution in [0.3, 0.4) is 0 Å². The summed E-state index contributed by atoms with van der Waals surface area (Å²) in [6.45, 7) is 2.30. The van der Waals surface area contributed by atoms with Gasteiger partial charge in [0.15, 0.2) is 0 Å². The predicted octanol–water partition coefficient (Wildman–Crippen LogP) is 1.17. The van der Waals surface area contributed by atoms with Crippen molar-refractivity contribution in [2.75, 3.05) is 14.1 Å². The Labute approximate surface area is 130 Å². The van der Waals surface area contributed by atoms with Gasteiger partial charge in [-0.1, -0.05) is 6.07 Å². The van der Waals surface area contributed by atoms with Crippen molar-refractivity contribution < 1.29 is 9.00 Å². The first kappa shape index (κ1) is 15.8. The molecule has 2 atom stereocenters. The summed E-state index contributed by atoms with van der Waals surface area (Å²) in [5, 5.41) is 9.50. The van der Waals surface area contributed by atoms with Gasteiger partial charge in [-0.2, -0.15) is 0 Å². The van der Waals surface area contributed by atoms with Crippen LogP contribution < -0.4 is 0 Å². The molecule has 0 aliphatic carbocycles. The van der Waals surface area contributed by atoms with Gasteiger partial charge in [0.25, 0.3) is 0 Å². The number of thiophene rings is 1. The Morgan fingerprint density at radius 1 is 1.52 bits per heavy atom. The van der Waals surface area contributed by atoms with Crippen LogP contribution in [-0.4, -0.2) is 49.1 Å². The molecule has 8 heteroatoms. The average molecular weight is 326 g/mol. The molecular formula is C13H18N4O2S2. The first-order chi connectivity index (χ1) is 10.0. The minimum atomic E-state index is -1.51. The fourth-order valence-electron chi connectivity index (χ4n) is 1.85. The van der Waals surface area contributed by atoms with E-state index in [1.54, 1.807) is 43.3 Å². The molecule has 0 spiro atoms. The number of hydrogen-bond acceptors (Lipinski definition) is 5. The summed E-state index contributed by atoms with van der Waals surface area (Å²) in [5.74, 6) is -0.179. The van der Waals surface area contributed by atoms with Crippen LogP contribution in [0.4, 0.5) is 0 Å². The monoisotopic (exact) mass is 326 g/mol. The Morgan fingerprint density at radius 3 is 2.90 bits per heavy atom. The van der Waals surface area contributed by atoms with Crippen LogP contribution in [0.5, 0.6) is 0 Å². The Morgan fingerprint density at radius 2 is 2.29 bits per heavy atom. The van der Waals surface area contributed by atoms with Crippen LogP contribution in [-0.2, 0) is 28.6 Å². The van der Waals surface area contributed by atoms with E-state index in [1.807, 2.05) is 11.4 Å². The zero-order valence-electron chi connectivity index (χ0n) is 12.2. The molecule has 0 N–H and O–H groups in total. The van der Waals surface area contributed by atoms with Crippen LogP contribution in [0.2, 0.25) is 0 Å². The smallest absolute Gasteiger partial charge is 0.238 e. The van der Waals surface area contributed by atoms with Gasteiger partial charge in [-0.05, 0) is 24.8 Å². The molecule has 0 saturated heterocycles. The Bertz CT molecular complexity index is 622. The maximum atomic E-state index is 12.5. The van der Waals surface area contributed by atoms with Crippen LogP contribution in [0.1, 0.15) is 11.8 Å². The molecule has 2 heterocycles. The molecule has 0 aromatic carbocycles. The summed E-state index contributed by atoms with van der Waals surface area (Å²) in [4.78, 5) is 14.6. The summed E-state index contributed by atoms with van der Waals surface area (Å²) in [6, 6.07) is 4.06. The number of aryl methyl sites for hydroxylation is 2. The van der Waals surface area contributed by atoms with Crippen LogP contribution in [0, 0.1) is 0 Å². The minimum absolute atomic E-state index is 0.179. The molecule has 2 aromatic heterocycles. The number of amides is 1. The second kappa shape index (κ2) is 6.95. The molecule has 0 radical (unpaired) electrons. The highest BCUT2D eigenvalue weighted by molar-refractivity contribution is 7.86. The van der Waals surface area contributed by atoms with E-state index < -0.39 is 16.0 Å². The first-order valence-electron chi connectivity index (χ1n) is 6.52. The summed E-state index contributed by atoms with van der Waals surface area (Å²) < 4.78 is 14.2. The Kier molecular flexibility index (Phi) is 5.24. The summed E-state index contributed by atoms with van der Waals surface area (Å²) in [6.07, 6.45) is 2.39. The van der Waals surface area contributed by atoms with E-state index in [4.69, 9.17) is 0 Å². The lowest BCUT2D eigenvalue weighted by Gasteiger charge is -2.16. The van der Waals surface area contributed by atoms with Crippen LogP contribution in [0.25, 0.3) is 0 Å². The maximum Gasteiger partial charge on any atom is 0.238 e. The SMILES string of the molecule is CC(C(=O)N(C)C)S(=O)c1nncn1CCc1cccs1. The van der Waals surface area contributed by atoms with Crippen molar-refractivity contribution in [2.24, 2.45) is 0 Å². The molecule has 0 aliphatic heterocycles. The molecule has 1 amide bonds. The lowest BCUT2D eigenvalue weighted by molar-refractivity contribution is -0.127. The van der Waals surface area contributed by atoms with E-state index in [-0.39, 0.29) is 5.91 Å². The van der Waals surface area contributed by atoms with Gasteiger partial charge in [-0.15, -0.1) is 21.5 Å². The molecule has 21 heavy (non-hydrogen) atoms. The van der Waals surface area contributed by atoms with Crippen molar-refractivity contribution in [3.63, 3.8) is 0 Å². The highest BCUT2D eigenvalue weighted by atomic mass is 32.2. The van der Waals surface area contributed by atoms with E-state index in [9.17, 15) is 9.00 Å². The van der Waals surface area contributed by atoms with Gasteiger partial charge in [0.1, 0.15) is 22.4 Å². The van der Waals surface area contributed by atoms with Gasteiger partial charge in [0.05, 0.1) is 0 Å². The zero-order valence-corrected chi connectivity index (χ0v) is 13.9. The third kappa shape index (κ3) is 3.76. The molecule has 0 aliphatic rings. The first-order valence-corrected chi connectivity index (χ1v) is 8.62. The van der Waals surface area contributed by atoms with Crippen LogP contribution in [0.15, 0.2) is 29.0 Å².